The molecule has 1 fully saturated rings. The van der Waals surface area contributed by atoms with E-state index in [1.54, 1.807) is 0 Å². The third kappa shape index (κ3) is 3.92. The number of rotatable bonds is 5. The summed E-state index contributed by atoms with van der Waals surface area (Å²) in [6.45, 7) is 6.75. The van der Waals surface area contributed by atoms with E-state index >= 15 is 0 Å². The van der Waals surface area contributed by atoms with Gasteiger partial charge in [-0.1, -0.05) is 18.2 Å². The van der Waals surface area contributed by atoms with Gasteiger partial charge in [-0.25, -0.2) is 4.68 Å². The van der Waals surface area contributed by atoms with Gasteiger partial charge in [-0.3, -0.25) is 4.79 Å². The minimum absolute atomic E-state index is 0. The number of halogens is 1. The van der Waals surface area contributed by atoms with Crippen LogP contribution in [0, 0.1) is 19.8 Å². The highest BCUT2D eigenvalue weighted by molar-refractivity contribution is 5.85. The first kappa shape index (κ1) is 17.5. The van der Waals surface area contributed by atoms with Crippen molar-refractivity contribution in [2.24, 2.45) is 5.92 Å². The van der Waals surface area contributed by atoms with Gasteiger partial charge in [-0.15, -0.1) is 12.4 Å². The minimum atomic E-state index is 0. The average molecular weight is 335 g/mol. The predicted octanol–water partition coefficient (Wildman–Crippen LogP) is 1.79. The highest BCUT2D eigenvalue weighted by atomic mass is 35.5. The standard InChI is InChI=1S/C17H22N4O.ClH/c1-12-16(8-17(22)19-11-14-9-18-10-14)13(2)21(20-12)15-6-4-3-5-7-15;/h3-7,14,18H,8-11H2,1-2H3,(H,19,22);1H. The molecule has 1 aliphatic heterocycles. The maximum absolute atomic E-state index is 12.1. The molecule has 2 N–H and O–H groups in total. The highest BCUT2D eigenvalue weighted by Gasteiger charge is 2.19. The van der Waals surface area contributed by atoms with Gasteiger partial charge in [0.25, 0.3) is 0 Å². The maximum atomic E-state index is 12.1. The van der Waals surface area contributed by atoms with Crippen LogP contribution in [0.4, 0.5) is 0 Å². The number of nitrogens with zero attached hydrogens (tertiary/aromatic N) is 2. The molecule has 0 spiro atoms. The Labute approximate surface area is 142 Å². The normalized spacial score (nSPS) is 14.0. The Morgan fingerprint density at radius 2 is 2.00 bits per heavy atom. The molecule has 6 heteroatoms. The number of hydrogen-bond acceptors (Lipinski definition) is 3. The van der Waals surface area contributed by atoms with Crippen LogP contribution < -0.4 is 10.6 Å². The smallest absolute Gasteiger partial charge is 0.224 e. The quantitative estimate of drug-likeness (QED) is 0.876. The summed E-state index contributed by atoms with van der Waals surface area (Å²) < 4.78 is 1.91. The number of aryl methyl sites for hydroxylation is 1. The molecular weight excluding hydrogens is 312 g/mol. The first-order valence-corrected chi connectivity index (χ1v) is 7.73. The molecule has 1 aliphatic rings. The largest absolute Gasteiger partial charge is 0.355 e. The van der Waals surface area contributed by atoms with Crippen molar-refractivity contribution in [1.29, 1.82) is 0 Å². The SMILES string of the molecule is Cc1nn(-c2ccccc2)c(C)c1CC(=O)NCC1CNC1.Cl. The van der Waals surface area contributed by atoms with E-state index in [1.165, 1.54) is 0 Å². The van der Waals surface area contributed by atoms with E-state index in [4.69, 9.17) is 0 Å². The predicted molar refractivity (Wildman–Crippen MR) is 93.4 cm³/mol. The van der Waals surface area contributed by atoms with Gasteiger partial charge in [0.2, 0.25) is 5.91 Å². The van der Waals surface area contributed by atoms with E-state index < -0.39 is 0 Å². The van der Waals surface area contributed by atoms with Crippen molar-refractivity contribution in [1.82, 2.24) is 20.4 Å². The van der Waals surface area contributed by atoms with Crippen molar-refractivity contribution in [3.05, 3.63) is 47.3 Å². The summed E-state index contributed by atoms with van der Waals surface area (Å²) in [7, 11) is 0. The van der Waals surface area contributed by atoms with Crippen molar-refractivity contribution >= 4 is 18.3 Å². The molecule has 0 bridgehead atoms. The first-order valence-electron chi connectivity index (χ1n) is 7.73. The van der Waals surface area contributed by atoms with E-state index in [0.717, 1.165) is 42.3 Å². The van der Waals surface area contributed by atoms with Crippen molar-refractivity contribution in [3.8, 4) is 5.69 Å². The Balaban J connectivity index is 0.00000192. The summed E-state index contributed by atoms with van der Waals surface area (Å²) in [5.41, 5.74) is 3.99. The molecule has 0 unspecified atom stereocenters. The van der Waals surface area contributed by atoms with Crippen LogP contribution in [-0.4, -0.2) is 35.3 Å². The van der Waals surface area contributed by atoms with Crippen LogP contribution in [0.3, 0.4) is 0 Å². The van der Waals surface area contributed by atoms with Gasteiger partial charge < -0.3 is 10.6 Å². The lowest BCUT2D eigenvalue weighted by molar-refractivity contribution is -0.120. The fourth-order valence-electron chi connectivity index (χ4n) is 2.73. The topological polar surface area (TPSA) is 59.0 Å². The molecule has 1 aromatic carbocycles. The molecule has 2 heterocycles. The van der Waals surface area contributed by atoms with Crippen molar-refractivity contribution in [3.63, 3.8) is 0 Å². The van der Waals surface area contributed by atoms with Crippen LogP contribution in [-0.2, 0) is 11.2 Å². The molecule has 2 aromatic rings. The van der Waals surface area contributed by atoms with E-state index in [0.29, 0.717) is 12.3 Å². The molecule has 0 radical (unpaired) electrons. The molecule has 124 valence electrons. The zero-order valence-corrected chi connectivity index (χ0v) is 14.3. The Bertz CT molecular complexity index is 665. The first-order chi connectivity index (χ1) is 10.6. The summed E-state index contributed by atoms with van der Waals surface area (Å²) in [5.74, 6) is 0.656. The van der Waals surface area contributed by atoms with Gasteiger partial charge in [0.15, 0.2) is 0 Å². The second kappa shape index (κ2) is 7.62. The van der Waals surface area contributed by atoms with Crippen LogP contribution in [0.1, 0.15) is 17.0 Å². The second-order valence-electron chi connectivity index (χ2n) is 5.90. The number of hydrogen-bond donors (Lipinski definition) is 2. The number of benzene rings is 1. The Morgan fingerprint density at radius 1 is 1.30 bits per heavy atom. The van der Waals surface area contributed by atoms with Gasteiger partial charge in [-0.05, 0) is 26.0 Å². The van der Waals surface area contributed by atoms with Gasteiger partial charge in [0.05, 0.1) is 17.8 Å². The number of amides is 1. The molecule has 3 rings (SSSR count). The molecule has 5 nitrogen and oxygen atoms in total. The Kier molecular flexibility index (Phi) is 5.80. The van der Waals surface area contributed by atoms with Crippen LogP contribution in [0.25, 0.3) is 5.69 Å². The molecule has 1 amide bonds. The zero-order chi connectivity index (χ0) is 15.5. The summed E-state index contributed by atoms with van der Waals surface area (Å²) >= 11 is 0. The van der Waals surface area contributed by atoms with Crippen molar-refractivity contribution in [2.75, 3.05) is 19.6 Å². The fraction of sp³-hybridized carbons (Fsp3) is 0.412. The fourth-order valence-corrected chi connectivity index (χ4v) is 2.73. The third-order valence-corrected chi connectivity index (χ3v) is 4.23. The molecular formula is C17H23ClN4O. The van der Waals surface area contributed by atoms with E-state index in [1.807, 2.05) is 48.9 Å². The lowest BCUT2D eigenvalue weighted by Crippen LogP contribution is -2.48. The monoisotopic (exact) mass is 334 g/mol. The third-order valence-electron chi connectivity index (χ3n) is 4.23. The summed E-state index contributed by atoms with van der Waals surface area (Å²) in [5, 5.41) is 10.8. The number of carbonyl (C=O) groups excluding carboxylic acids is 1. The maximum Gasteiger partial charge on any atom is 0.224 e. The van der Waals surface area contributed by atoms with Gasteiger partial charge in [-0.2, -0.15) is 5.10 Å². The number of nitrogens with one attached hydrogen (secondary N) is 2. The molecule has 1 saturated heterocycles. The lowest BCUT2D eigenvalue weighted by atomic mass is 10.0. The van der Waals surface area contributed by atoms with Gasteiger partial charge in [0.1, 0.15) is 0 Å². The summed E-state index contributed by atoms with van der Waals surface area (Å²) in [6, 6.07) is 10.0. The minimum Gasteiger partial charge on any atom is -0.355 e. The molecule has 1 aromatic heterocycles. The number of para-hydroxylation sites is 1. The number of aromatic nitrogens is 2. The van der Waals surface area contributed by atoms with Crippen molar-refractivity contribution in [2.45, 2.75) is 20.3 Å². The molecule has 0 atom stereocenters. The zero-order valence-electron chi connectivity index (χ0n) is 13.5. The van der Waals surface area contributed by atoms with Gasteiger partial charge >= 0.3 is 0 Å². The van der Waals surface area contributed by atoms with Gasteiger partial charge in [0, 0.05) is 36.8 Å². The second-order valence-corrected chi connectivity index (χ2v) is 5.90. The highest BCUT2D eigenvalue weighted by Crippen LogP contribution is 2.18. The summed E-state index contributed by atoms with van der Waals surface area (Å²) in [6.07, 6.45) is 0.394. The lowest BCUT2D eigenvalue weighted by Gasteiger charge is -2.27. The average Bonchev–Trinajstić information content (AvgIpc) is 2.75. The van der Waals surface area contributed by atoms with Crippen LogP contribution in [0.5, 0.6) is 0 Å². The number of carbonyl (C=O) groups is 1. The van der Waals surface area contributed by atoms with E-state index in [2.05, 4.69) is 15.7 Å². The van der Waals surface area contributed by atoms with E-state index in [-0.39, 0.29) is 18.3 Å². The molecule has 23 heavy (non-hydrogen) atoms. The van der Waals surface area contributed by atoms with Crippen molar-refractivity contribution < 1.29 is 4.79 Å². The van der Waals surface area contributed by atoms with Crippen LogP contribution in [0.2, 0.25) is 0 Å². The van der Waals surface area contributed by atoms with Crippen LogP contribution >= 0.6 is 12.4 Å². The summed E-state index contributed by atoms with van der Waals surface area (Å²) in [4.78, 5) is 12.1. The Morgan fingerprint density at radius 3 is 2.61 bits per heavy atom. The Hall–Kier alpha value is -1.85. The van der Waals surface area contributed by atoms with E-state index in [9.17, 15) is 4.79 Å². The molecule has 0 saturated carbocycles. The van der Waals surface area contributed by atoms with Crippen LogP contribution in [0.15, 0.2) is 30.3 Å². The molecule has 0 aliphatic carbocycles.